The van der Waals surface area contributed by atoms with Crippen LogP contribution in [-0.4, -0.2) is 44.8 Å². The molecule has 8 nitrogen and oxygen atoms in total. The molecule has 3 aromatic heterocycles. The molecule has 10 heteroatoms. The zero-order valence-corrected chi connectivity index (χ0v) is 13.3. The fourth-order valence-corrected chi connectivity index (χ4v) is 2.20. The van der Waals surface area contributed by atoms with Gasteiger partial charge in [-0.2, -0.15) is 5.10 Å². The first-order chi connectivity index (χ1) is 11.6. The SMILES string of the molecule is COC(=O)CCNc1nc(-c2[nH]nc3ncc(Cl)cc23)ncc1F. The summed E-state index contributed by atoms with van der Waals surface area (Å²) in [6, 6.07) is 1.67. The summed E-state index contributed by atoms with van der Waals surface area (Å²) in [7, 11) is 1.29. The minimum absolute atomic E-state index is 0.0263. The molecule has 2 N–H and O–H groups in total. The first-order valence-corrected chi connectivity index (χ1v) is 7.29. The largest absolute Gasteiger partial charge is 0.469 e. The van der Waals surface area contributed by atoms with Crippen LogP contribution in [-0.2, 0) is 9.53 Å². The van der Waals surface area contributed by atoms with Crippen LogP contribution in [0.4, 0.5) is 10.2 Å². The zero-order chi connectivity index (χ0) is 17.1. The molecule has 0 fully saturated rings. The van der Waals surface area contributed by atoms with E-state index in [2.05, 4.69) is 35.2 Å². The van der Waals surface area contributed by atoms with E-state index in [9.17, 15) is 9.18 Å². The van der Waals surface area contributed by atoms with E-state index in [-0.39, 0.29) is 24.6 Å². The molecule has 0 aliphatic rings. The maximum atomic E-state index is 13.8. The van der Waals surface area contributed by atoms with Gasteiger partial charge in [-0.05, 0) is 6.07 Å². The number of esters is 1. The van der Waals surface area contributed by atoms with Crippen LogP contribution in [0.1, 0.15) is 6.42 Å². The van der Waals surface area contributed by atoms with Gasteiger partial charge in [0.15, 0.2) is 23.1 Å². The molecule has 0 aliphatic heterocycles. The lowest BCUT2D eigenvalue weighted by atomic mass is 10.2. The Morgan fingerprint density at radius 1 is 1.42 bits per heavy atom. The number of rotatable bonds is 5. The molecule has 0 atom stereocenters. The van der Waals surface area contributed by atoms with Gasteiger partial charge in [-0.15, -0.1) is 0 Å². The third kappa shape index (κ3) is 3.25. The molecule has 0 aromatic carbocycles. The summed E-state index contributed by atoms with van der Waals surface area (Å²) in [6.45, 7) is 0.178. The quantitative estimate of drug-likeness (QED) is 0.679. The van der Waals surface area contributed by atoms with Crippen molar-refractivity contribution < 1.29 is 13.9 Å². The number of fused-ring (bicyclic) bond motifs is 1. The Morgan fingerprint density at radius 3 is 3.04 bits per heavy atom. The second-order valence-corrected chi connectivity index (χ2v) is 5.20. The van der Waals surface area contributed by atoms with Gasteiger partial charge in [0, 0.05) is 12.7 Å². The van der Waals surface area contributed by atoms with Crippen LogP contribution in [0.3, 0.4) is 0 Å². The van der Waals surface area contributed by atoms with Gasteiger partial charge >= 0.3 is 5.97 Å². The molecule has 3 aromatic rings. The average Bonchev–Trinajstić information content (AvgIpc) is 2.99. The van der Waals surface area contributed by atoms with Crippen LogP contribution in [0.5, 0.6) is 0 Å². The number of nitrogens with one attached hydrogen (secondary N) is 2. The fourth-order valence-electron chi connectivity index (χ4n) is 2.04. The van der Waals surface area contributed by atoms with Gasteiger partial charge in [0.2, 0.25) is 0 Å². The lowest BCUT2D eigenvalue weighted by Crippen LogP contribution is -2.12. The van der Waals surface area contributed by atoms with Crippen LogP contribution in [0.15, 0.2) is 18.5 Å². The van der Waals surface area contributed by atoms with Crippen molar-refractivity contribution >= 4 is 34.4 Å². The number of H-pyrrole nitrogens is 1. The van der Waals surface area contributed by atoms with Gasteiger partial charge in [-0.3, -0.25) is 9.89 Å². The molecule has 3 heterocycles. The minimum Gasteiger partial charge on any atom is -0.469 e. The Balaban J connectivity index is 1.89. The van der Waals surface area contributed by atoms with E-state index in [0.717, 1.165) is 6.20 Å². The van der Waals surface area contributed by atoms with Crippen molar-refractivity contribution in [1.29, 1.82) is 0 Å². The van der Waals surface area contributed by atoms with Crippen molar-refractivity contribution in [1.82, 2.24) is 25.1 Å². The molecule has 0 saturated carbocycles. The van der Waals surface area contributed by atoms with Crippen LogP contribution >= 0.6 is 11.6 Å². The second kappa shape index (κ2) is 6.75. The highest BCUT2D eigenvalue weighted by atomic mass is 35.5. The van der Waals surface area contributed by atoms with E-state index in [1.807, 2.05) is 0 Å². The van der Waals surface area contributed by atoms with E-state index in [1.54, 1.807) is 6.07 Å². The minimum atomic E-state index is -0.636. The number of halogens is 2. The third-order valence-electron chi connectivity index (χ3n) is 3.19. The Hall–Kier alpha value is -2.81. The Morgan fingerprint density at radius 2 is 2.25 bits per heavy atom. The number of anilines is 1. The Kier molecular flexibility index (Phi) is 4.52. The van der Waals surface area contributed by atoms with Crippen molar-refractivity contribution in [3.05, 3.63) is 29.3 Å². The predicted molar refractivity (Wildman–Crippen MR) is 85.0 cm³/mol. The number of hydrogen-bond acceptors (Lipinski definition) is 7. The van der Waals surface area contributed by atoms with Gasteiger partial charge in [-0.25, -0.2) is 19.3 Å². The van der Waals surface area contributed by atoms with Gasteiger partial charge in [0.05, 0.1) is 30.1 Å². The van der Waals surface area contributed by atoms with Crippen molar-refractivity contribution in [2.24, 2.45) is 0 Å². The highest BCUT2D eigenvalue weighted by Crippen LogP contribution is 2.25. The second-order valence-electron chi connectivity index (χ2n) is 4.77. The summed E-state index contributed by atoms with van der Waals surface area (Å²) in [5.41, 5.74) is 0.915. The summed E-state index contributed by atoms with van der Waals surface area (Å²) in [6.07, 6.45) is 2.59. The molecule has 0 radical (unpaired) electrons. The molecule has 0 unspecified atom stereocenters. The first-order valence-electron chi connectivity index (χ1n) is 6.91. The molecule has 0 saturated heterocycles. The van der Waals surface area contributed by atoms with Crippen molar-refractivity contribution in [2.75, 3.05) is 19.0 Å². The predicted octanol–water partition coefficient (Wildman–Crippen LogP) is 2.18. The molecule has 0 aliphatic carbocycles. The number of carbonyl (C=O) groups excluding carboxylic acids is 1. The summed E-state index contributed by atoms with van der Waals surface area (Å²) in [5.74, 6) is -0.841. The molecular weight excluding hydrogens is 339 g/mol. The molecule has 24 heavy (non-hydrogen) atoms. The van der Waals surface area contributed by atoms with Crippen LogP contribution in [0.25, 0.3) is 22.6 Å². The topological polar surface area (TPSA) is 106 Å². The standard InChI is InChI=1S/C14H12ClFN6O2/c1-24-10(23)2-3-17-13-9(16)6-19-14(20-13)11-8-4-7(15)5-18-12(8)22-21-11/h4-6H,2-3H2,1H3,(H,17,19,20)(H,18,21,22). The molecule has 3 rings (SSSR count). The van der Waals surface area contributed by atoms with Crippen molar-refractivity contribution in [3.8, 4) is 11.5 Å². The van der Waals surface area contributed by atoms with Gasteiger partial charge in [0.1, 0.15) is 5.69 Å². The molecule has 0 amide bonds. The monoisotopic (exact) mass is 350 g/mol. The van der Waals surface area contributed by atoms with Crippen LogP contribution in [0.2, 0.25) is 5.02 Å². The van der Waals surface area contributed by atoms with Crippen molar-refractivity contribution in [2.45, 2.75) is 6.42 Å². The number of nitrogens with zero attached hydrogens (tertiary/aromatic N) is 4. The van der Waals surface area contributed by atoms with E-state index in [4.69, 9.17) is 11.6 Å². The average molecular weight is 351 g/mol. The number of pyridine rings is 1. The van der Waals surface area contributed by atoms with E-state index >= 15 is 0 Å². The third-order valence-corrected chi connectivity index (χ3v) is 3.40. The van der Waals surface area contributed by atoms with Gasteiger partial charge < -0.3 is 10.1 Å². The number of carbonyl (C=O) groups is 1. The lowest BCUT2D eigenvalue weighted by Gasteiger charge is -2.07. The molecule has 0 spiro atoms. The van der Waals surface area contributed by atoms with Crippen molar-refractivity contribution in [3.63, 3.8) is 0 Å². The number of ether oxygens (including phenoxy) is 1. The highest BCUT2D eigenvalue weighted by molar-refractivity contribution is 6.31. The van der Waals surface area contributed by atoms with Gasteiger partial charge in [-0.1, -0.05) is 11.6 Å². The molecule has 124 valence electrons. The summed E-state index contributed by atoms with van der Waals surface area (Å²) in [4.78, 5) is 23.3. The maximum absolute atomic E-state index is 13.8. The molecule has 0 bridgehead atoms. The van der Waals surface area contributed by atoms with Crippen LogP contribution < -0.4 is 5.32 Å². The van der Waals surface area contributed by atoms with Gasteiger partial charge in [0.25, 0.3) is 0 Å². The van der Waals surface area contributed by atoms with Crippen LogP contribution in [0, 0.1) is 5.82 Å². The number of hydrogen-bond donors (Lipinski definition) is 2. The van der Waals surface area contributed by atoms with E-state index in [0.29, 0.717) is 21.7 Å². The Bertz CT molecular complexity index is 900. The number of methoxy groups -OCH3 is 1. The highest BCUT2D eigenvalue weighted by Gasteiger charge is 2.14. The fraction of sp³-hybridized carbons (Fsp3) is 0.214. The summed E-state index contributed by atoms with van der Waals surface area (Å²) < 4.78 is 18.4. The summed E-state index contributed by atoms with van der Waals surface area (Å²) in [5, 5.41) is 10.6. The summed E-state index contributed by atoms with van der Waals surface area (Å²) >= 11 is 5.94. The number of aromatic nitrogens is 5. The van der Waals surface area contributed by atoms with E-state index in [1.165, 1.54) is 13.3 Å². The normalized spacial score (nSPS) is 10.8. The van der Waals surface area contributed by atoms with E-state index < -0.39 is 11.8 Å². The number of aromatic amines is 1. The lowest BCUT2D eigenvalue weighted by molar-refractivity contribution is -0.140. The zero-order valence-electron chi connectivity index (χ0n) is 12.5. The maximum Gasteiger partial charge on any atom is 0.307 e. The first kappa shape index (κ1) is 16.1. The smallest absolute Gasteiger partial charge is 0.307 e. The Labute approximate surface area is 140 Å². The molecular formula is C14H12ClFN6O2.